The van der Waals surface area contributed by atoms with Gasteiger partial charge in [0, 0.05) is 6.42 Å². The maximum atomic E-state index is 12.2. The molecule has 2 aliphatic carbocycles. The fourth-order valence-electron chi connectivity index (χ4n) is 4.52. The second-order valence-electron chi connectivity index (χ2n) is 7.78. The quantitative estimate of drug-likeness (QED) is 0.679. The summed E-state index contributed by atoms with van der Waals surface area (Å²) in [6, 6.07) is 0. The molecular weight excluding hydrogens is 304 g/mol. The van der Waals surface area contributed by atoms with Gasteiger partial charge in [0.15, 0.2) is 0 Å². The maximum absolute atomic E-state index is 12.2. The summed E-state index contributed by atoms with van der Waals surface area (Å²) >= 11 is 0. The molecule has 0 unspecified atom stereocenters. The Hall–Kier alpha value is -1.55. The third-order valence-corrected chi connectivity index (χ3v) is 6.46. The Morgan fingerprint density at radius 3 is 2.92 bits per heavy atom. The van der Waals surface area contributed by atoms with Crippen LogP contribution in [0.1, 0.15) is 50.5 Å². The number of aryl methyl sites for hydroxylation is 1. The van der Waals surface area contributed by atoms with E-state index in [4.69, 9.17) is 9.15 Å². The Labute approximate surface area is 143 Å². The molecule has 0 radical (unpaired) electrons. The van der Waals surface area contributed by atoms with E-state index in [2.05, 4.69) is 20.8 Å². The number of fused-ring (bicyclic) bond motifs is 2. The summed E-state index contributed by atoms with van der Waals surface area (Å²) in [4.78, 5) is 12.2. The molecule has 132 valence electrons. The number of carbonyl (C=O) groups excluding carboxylic acids is 1. The standard InChI is InChI=1S/C20H28O4/c1-5-14(10-21)19(22)24-16-6-13(3)20(4)9-17-12(2)11-23-18(17)8-15(20)7-16/h5,11,13,15-16,21H,6-10H2,1-4H3/b14-5-/t13-,15+,16+,20+/m0/s1. The Morgan fingerprint density at radius 1 is 1.50 bits per heavy atom. The zero-order chi connectivity index (χ0) is 17.5. The normalized spacial score (nSPS) is 32.9. The molecule has 3 rings (SSSR count). The van der Waals surface area contributed by atoms with E-state index in [-0.39, 0.29) is 24.1 Å². The van der Waals surface area contributed by atoms with Crippen LogP contribution in [0.25, 0.3) is 0 Å². The summed E-state index contributed by atoms with van der Waals surface area (Å²) < 4.78 is 11.5. The lowest BCUT2D eigenvalue weighted by molar-refractivity contribution is -0.152. The monoisotopic (exact) mass is 332 g/mol. The molecule has 1 aromatic rings. The number of allylic oxidation sites excluding steroid dienone is 1. The fourth-order valence-corrected chi connectivity index (χ4v) is 4.52. The summed E-state index contributed by atoms with van der Waals surface area (Å²) in [5.41, 5.74) is 3.20. The molecule has 4 heteroatoms. The number of esters is 1. The molecule has 0 aliphatic heterocycles. The van der Waals surface area contributed by atoms with Crippen molar-refractivity contribution in [1.29, 1.82) is 0 Å². The number of ether oxygens (including phenoxy) is 1. The lowest BCUT2D eigenvalue weighted by Gasteiger charge is -2.51. The molecule has 0 amide bonds. The number of aliphatic hydroxyl groups is 1. The van der Waals surface area contributed by atoms with Gasteiger partial charge in [0.2, 0.25) is 0 Å². The van der Waals surface area contributed by atoms with E-state index in [9.17, 15) is 9.90 Å². The smallest absolute Gasteiger partial charge is 0.336 e. The highest BCUT2D eigenvalue weighted by molar-refractivity contribution is 5.88. The molecule has 1 N–H and O–H groups in total. The van der Waals surface area contributed by atoms with E-state index in [1.165, 1.54) is 11.1 Å². The van der Waals surface area contributed by atoms with Crippen LogP contribution < -0.4 is 0 Å². The first kappa shape index (κ1) is 17.3. The number of aliphatic hydroxyl groups excluding tert-OH is 1. The minimum atomic E-state index is -0.383. The van der Waals surface area contributed by atoms with Crippen LogP contribution in [0.15, 0.2) is 22.3 Å². The van der Waals surface area contributed by atoms with Crippen molar-refractivity contribution in [3.8, 4) is 0 Å². The molecule has 24 heavy (non-hydrogen) atoms. The van der Waals surface area contributed by atoms with E-state index in [0.29, 0.717) is 17.4 Å². The van der Waals surface area contributed by atoms with Crippen LogP contribution in [0, 0.1) is 24.2 Å². The first-order valence-corrected chi connectivity index (χ1v) is 8.91. The van der Waals surface area contributed by atoms with Crippen molar-refractivity contribution in [2.45, 2.75) is 59.5 Å². The first-order chi connectivity index (χ1) is 11.4. The van der Waals surface area contributed by atoms with Gasteiger partial charge in [-0.2, -0.15) is 0 Å². The zero-order valence-corrected chi connectivity index (χ0v) is 15.1. The van der Waals surface area contributed by atoms with E-state index in [1.807, 2.05) is 6.26 Å². The van der Waals surface area contributed by atoms with Gasteiger partial charge in [0.05, 0.1) is 18.4 Å². The average Bonchev–Trinajstić information content (AvgIpc) is 2.88. The zero-order valence-electron chi connectivity index (χ0n) is 15.1. The SMILES string of the molecule is C/C=C(/CO)C(=O)O[C@H]1C[C@@H]2Cc3occ(C)c3C[C@]2(C)[C@@H](C)C1. The summed E-state index contributed by atoms with van der Waals surface area (Å²) in [6.45, 7) is 8.25. The molecule has 0 aromatic carbocycles. The van der Waals surface area contributed by atoms with Gasteiger partial charge in [-0.3, -0.25) is 0 Å². The van der Waals surface area contributed by atoms with Crippen LogP contribution in [-0.4, -0.2) is 23.8 Å². The van der Waals surface area contributed by atoms with E-state index < -0.39 is 0 Å². The number of carbonyl (C=O) groups is 1. The highest BCUT2D eigenvalue weighted by Gasteiger charge is 2.49. The van der Waals surface area contributed by atoms with Crippen LogP contribution >= 0.6 is 0 Å². The minimum Gasteiger partial charge on any atom is -0.469 e. The van der Waals surface area contributed by atoms with E-state index in [1.54, 1.807) is 13.0 Å². The Bertz CT molecular complexity index is 657. The van der Waals surface area contributed by atoms with E-state index in [0.717, 1.165) is 31.4 Å². The topological polar surface area (TPSA) is 59.7 Å². The van der Waals surface area contributed by atoms with Crippen molar-refractivity contribution in [2.24, 2.45) is 17.3 Å². The lowest BCUT2D eigenvalue weighted by atomic mass is 9.55. The Morgan fingerprint density at radius 2 is 2.25 bits per heavy atom. The average molecular weight is 332 g/mol. The van der Waals surface area contributed by atoms with Crippen LogP contribution in [0.3, 0.4) is 0 Å². The van der Waals surface area contributed by atoms with Gasteiger partial charge in [-0.05, 0) is 61.5 Å². The van der Waals surface area contributed by atoms with Crippen molar-refractivity contribution in [1.82, 2.24) is 0 Å². The van der Waals surface area contributed by atoms with Crippen LogP contribution in [0.2, 0.25) is 0 Å². The van der Waals surface area contributed by atoms with Crippen molar-refractivity contribution < 1.29 is 19.1 Å². The van der Waals surface area contributed by atoms with Crippen LogP contribution in [-0.2, 0) is 22.4 Å². The van der Waals surface area contributed by atoms with Gasteiger partial charge in [-0.25, -0.2) is 4.79 Å². The molecular formula is C20H28O4. The largest absolute Gasteiger partial charge is 0.469 e. The Balaban J connectivity index is 1.77. The molecule has 1 saturated carbocycles. The molecule has 0 saturated heterocycles. The molecule has 1 aromatic heterocycles. The summed E-state index contributed by atoms with van der Waals surface area (Å²) in [6.07, 6.45) is 7.14. The third kappa shape index (κ3) is 2.81. The van der Waals surface area contributed by atoms with Gasteiger partial charge in [0.25, 0.3) is 0 Å². The maximum Gasteiger partial charge on any atom is 0.336 e. The number of hydrogen-bond acceptors (Lipinski definition) is 4. The van der Waals surface area contributed by atoms with Crippen molar-refractivity contribution in [3.05, 3.63) is 34.8 Å². The number of rotatable bonds is 3. The predicted molar refractivity (Wildman–Crippen MR) is 91.6 cm³/mol. The van der Waals surface area contributed by atoms with Crippen LogP contribution in [0.5, 0.6) is 0 Å². The molecule has 0 spiro atoms. The second kappa shape index (κ2) is 6.40. The van der Waals surface area contributed by atoms with Crippen molar-refractivity contribution >= 4 is 5.97 Å². The number of furan rings is 1. The molecule has 4 atom stereocenters. The Kier molecular flexibility index (Phi) is 4.60. The third-order valence-electron chi connectivity index (χ3n) is 6.46. The van der Waals surface area contributed by atoms with Gasteiger partial charge in [-0.15, -0.1) is 0 Å². The van der Waals surface area contributed by atoms with Crippen LogP contribution in [0.4, 0.5) is 0 Å². The van der Waals surface area contributed by atoms with Gasteiger partial charge in [0.1, 0.15) is 11.9 Å². The van der Waals surface area contributed by atoms with Gasteiger partial charge in [-0.1, -0.05) is 19.9 Å². The first-order valence-electron chi connectivity index (χ1n) is 8.91. The lowest BCUT2D eigenvalue weighted by Crippen LogP contribution is -2.48. The van der Waals surface area contributed by atoms with E-state index >= 15 is 0 Å². The van der Waals surface area contributed by atoms with Gasteiger partial charge >= 0.3 is 5.97 Å². The molecule has 1 fully saturated rings. The van der Waals surface area contributed by atoms with Crippen molar-refractivity contribution in [2.75, 3.05) is 6.61 Å². The van der Waals surface area contributed by atoms with Gasteiger partial charge < -0.3 is 14.3 Å². The number of hydrogen-bond donors (Lipinski definition) is 1. The molecule has 1 heterocycles. The fraction of sp³-hybridized carbons (Fsp3) is 0.650. The second-order valence-corrected chi connectivity index (χ2v) is 7.78. The summed E-state index contributed by atoms with van der Waals surface area (Å²) in [5, 5.41) is 9.24. The summed E-state index contributed by atoms with van der Waals surface area (Å²) in [5.74, 6) is 1.66. The minimum absolute atomic E-state index is 0.0790. The predicted octanol–water partition coefficient (Wildman–Crippen LogP) is 3.59. The highest BCUT2D eigenvalue weighted by atomic mass is 16.5. The highest BCUT2D eigenvalue weighted by Crippen LogP contribution is 2.53. The van der Waals surface area contributed by atoms with Crippen molar-refractivity contribution in [3.63, 3.8) is 0 Å². The summed E-state index contributed by atoms with van der Waals surface area (Å²) in [7, 11) is 0. The molecule has 4 nitrogen and oxygen atoms in total. The molecule has 0 bridgehead atoms. The molecule has 2 aliphatic rings.